The molecule has 0 aliphatic rings. The smallest absolute Gasteiger partial charge is 0.186 e. The molecule has 0 heterocycles. The van der Waals surface area contributed by atoms with Crippen molar-refractivity contribution in [2.45, 2.75) is 26.3 Å². The van der Waals surface area contributed by atoms with Crippen molar-refractivity contribution in [2.75, 3.05) is 7.11 Å². The molecule has 0 bridgehead atoms. The molecule has 0 atom stereocenters. The third-order valence-corrected chi connectivity index (χ3v) is 2.06. The Morgan fingerprint density at radius 3 is 2.40 bits per heavy atom. The molecule has 0 radical (unpaired) electrons. The number of nitrogens with zero attached hydrogens (tertiary/aromatic N) is 1. The first-order chi connectivity index (χ1) is 6.95. The van der Waals surface area contributed by atoms with E-state index in [2.05, 4.69) is 0 Å². The summed E-state index contributed by atoms with van der Waals surface area (Å²) in [4.78, 5) is 0. The minimum Gasteiger partial charge on any atom is -0.623 e. The molecule has 0 saturated heterocycles. The Kier molecular flexibility index (Phi) is 3.35. The second-order valence-corrected chi connectivity index (χ2v) is 4.37. The summed E-state index contributed by atoms with van der Waals surface area (Å²) >= 11 is 0. The van der Waals surface area contributed by atoms with E-state index >= 15 is 0 Å². The predicted molar refractivity (Wildman–Crippen MR) is 61.5 cm³/mol. The van der Waals surface area contributed by atoms with Gasteiger partial charge < -0.3 is 9.94 Å². The Balaban J connectivity index is 3.08. The first kappa shape index (κ1) is 11.6. The van der Waals surface area contributed by atoms with E-state index in [1.165, 1.54) is 0 Å². The summed E-state index contributed by atoms with van der Waals surface area (Å²) in [6, 6.07) is 7.45. The van der Waals surface area contributed by atoms with Gasteiger partial charge >= 0.3 is 0 Å². The van der Waals surface area contributed by atoms with Gasteiger partial charge in [-0.15, -0.1) is 0 Å². The molecule has 82 valence electrons. The van der Waals surface area contributed by atoms with Crippen LogP contribution >= 0.6 is 0 Å². The van der Waals surface area contributed by atoms with Crippen LogP contribution in [0.3, 0.4) is 0 Å². The van der Waals surface area contributed by atoms with Crippen molar-refractivity contribution in [3.05, 3.63) is 35.0 Å². The SMILES string of the molecule is COc1ccccc1/C=[N+](\[O-])C(C)(C)C. The summed E-state index contributed by atoms with van der Waals surface area (Å²) in [5.41, 5.74) is 0.367. The molecule has 0 spiro atoms. The number of methoxy groups -OCH3 is 1. The number of hydrogen-bond acceptors (Lipinski definition) is 2. The second-order valence-electron chi connectivity index (χ2n) is 4.37. The summed E-state index contributed by atoms with van der Waals surface area (Å²) in [6.45, 7) is 5.60. The van der Waals surface area contributed by atoms with Gasteiger partial charge in [0.2, 0.25) is 0 Å². The van der Waals surface area contributed by atoms with E-state index in [1.54, 1.807) is 13.3 Å². The summed E-state index contributed by atoms with van der Waals surface area (Å²) in [6.07, 6.45) is 1.55. The Bertz CT molecular complexity index is 364. The van der Waals surface area contributed by atoms with Gasteiger partial charge in [0.15, 0.2) is 11.8 Å². The third-order valence-electron chi connectivity index (χ3n) is 2.06. The van der Waals surface area contributed by atoms with Crippen LogP contribution in [0.15, 0.2) is 24.3 Å². The minimum absolute atomic E-state index is 0.430. The van der Waals surface area contributed by atoms with Crippen molar-refractivity contribution < 1.29 is 9.48 Å². The molecular formula is C12H17NO2. The molecule has 0 aliphatic heterocycles. The fraction of sp³-hybridized carbons (Fsp3) is 0.417. The average molecular weight is 207 g/mol. The number of hydrogen-bond donors (Lipinski definition) is 0. The van der Waals surface area contributed by atoms with Crippen LogP contribution in [0.1, 0.15) is 26.3 Å². The standard InChI is InChI=1S/C12H17NO2/c1-12(2,3)13(14)9-10-7-5-6-8-11(10)15-4/h5-9H,1-4H3/b13-9-. The van der Waals surface area contributed by atoms with Crippen molar-refractivity contribution in [3.63, 3.8) is 0 Å². The highest BCUT2D eigenvalue weighted by Gasteiger charge is 2.18. The third kappa shape index (κ3) is 2.98. The lowest BCUT2D eigenvalue weighted by Crippen LogP contribution is -2.29. The van der Waals surface area contributed by atoms with Crippen molar-refractivity contribution in [1.82, 2.24) is 0 Å². The second kappa shape index (κ2) is 4.34. The van der Waals surface area contributed by atoms with Crippen LogP contribution < -0.4 is 4.74 Å². The fourth-order valence-electron chi connectivity index (χ4n) is 1.09. The quantitative estimate of drug-likeness (QED) is 0.323. The summed E-state index contributed by atoms with van der Waals surface area (Å²) in [7, 11) is 1.60. The van der Waals surface area contributed by atoms with E-state index in [0.717, 1.165) is 10.3 Å². The number of benzene rings is 1. The Morgan fingerprint density at radius 2 is 1.87 bits per heavy atom. The molecule has 1 rings (SSSR count). The first-order valence-corrected chi connectivity index (χ1v) is 4.89. The van der Waals surface area contributed by atoms with Crippen LogP contribution in [0.5, 0.6) is 5.75 Å². The lowest BCUT2D eigenvalue weighted by Gasteiger charge is -2.18. The highest BCUT2D eigenvalue weighted by Crippen LogP contribution is 2.16. The van der Waals surface area contributed by atoms with Gasteiger partial charge in [0.1, 0.15) is 5.75 Å². The minimum atomic E-state index is -0.430. The number of para-hydroxylation sites is 1. The van der Waals surface area contributed by atoms with E-state index in [9.17, 15) is 5.21 Å². The van der Waals surface area contributed by atoms with Crippen molar-refractivity contribution in [1.29, 1.82) is 0 Å². The largest absolute Gasteiger partial charge is 0.623 e. The van der Waals surface area contributed by atoms with Crippen LogP contribution in [0.25, 0.3) is 0 Å². The van der Waals surface area contributed by atoms with E-state index in [-0.39, 0.29) is 0 Å². The molecule has 1 aromatic rings. The molecule has 0 saturated carbocycles. The first-order valence-electron chi connectivity index (χ1n) is 4.89. The Morgan fingerprint density at radius 1 is 1.27 bits per heavy atom. The van der Waals surface area contributed by atoms with Gasteiger partial charge in [-0.3, -0.25) is 0 Å². The average Bonchev–Trinajstić information content (AvgIpc) is 2.17. The van der Waals surface area contributed by atoms with Gasteiger partial charge in [0.05, 0.1) is 12.7 Å². The molecule has 0 aliphatic carbocycles. The summed E-state index contributed by atoms with van der Waals surface area (Å²) in [5, 5.41) is 11.7. The number of ether oxygens (including phenoxy) is 1. The monoisotopic (exact) mass is 207 g/mol. The predicted octanol–water partition coefficient (Wildman–Crippen LogP) is 2.42. The molecule has 0 unspecified atom stereocenters. The Labute approximate surface area is 90.6 Å². The summed E-state index contributed by atoms with van der Waals surface area (Å²) in [5.74, 6) is 0.711. The van der Waals surface area contributed by atoms with E-state index in [0.29, 0.717) is 5.75 Å². The van der Waals surface area contributed by atoms with Crippen molar-refractivity contribution in [3.8, 4) is 5.75 Å². The summed E-state index contributed by atoms with van der Waals surface area (Å²) < 4.78 is 6.10. The van der Waals surface area contributed by atoms with Crippen LogP contribution in [-0.4, -0.2) is 23.6 Å². The maximum Gasteiger partial charge on any atom is 0.186 e. The normalized spacial score (nSPS) is 12.7. The molecular weight excluding hydrogens is 190 g/mol. The molecule has 0 fully saturated rings. The number of hydroxylamine groups is 1. The van der Waals surface area contributed by atoms with Crippen molar-refractivity contribution in [2.24, 2.45) is 0 Å². The van der Waals surface area contributed by atoms with Crippen molar-refractivity contribution >= 4 is 6.21 Å². The van der Waals surface area contributed by atoms with E-state index < -0.39 is 5.54 Å². The van der Waals surface area contributed by atoms with Gasteiger partial charge in [-0.25, -0.2) is 4.74 Å². The lowest BCUT2D eigenvalue weighted by molar-refractivity contribution is -0.530. The topological polar surface area (TPSA) is 35.3 Å². The van der Waals surface area contributed by atoms with Gasteiger partial charge in [0.25, 0.3) is 0 Å². The zero-order valence-corrected chi connectivity index (χ0v) is 9.65. The fourth-order valence-corrected chi connectivity index (χ4v) is 1.09. The molecule has 3 nitrogen and oxygen atoms in total. The molecule has 15 heavy (non-hydrogen) atoms. The molecule has 3 heteroatoms. The van der Waals surface area contributed by atoms with Gasteiger partial charge in [0, 0.05) is 20.8 Å². The maximum atomic E-state index is 11.7. The number of rotatable bonds is 2. The van der Waals surface area contributed by atoms with Crippen LogP contribution in [0.4, 0.5) is 0 Å². The maximum absolute atomic E-state index is 11.7. The van der Waals surface area contributed by atoms with Gasteiger partial charge in [-0.1, -0.05) is 12.1 Å². The molecule has 0 amide bonds. The van der Waals surface area contributed by atoms with E-state index in [4.69, 9.17) is 4.74 Å². The highest BCUT2D eigenvalue weighted by molar-refractivity contribution is 5.80. The van der Waals surface area contributed by atoms with Gasteiger partial charge in [-0.05, 0) is 12.1 Å². The molecule has 0 N–H and O–H groups in total. The lowest BCUT2D eigenvalue weighted by atomic mass is 10.1. The van der Waals surface area contributed by atoms with Crippen LogP contribution in [0, 0.1) is 5.21 Å². The Hall–Kier alpha value is -1.51. The van der Waals surface area contributed by atoms with Gasteiger partial charge in [-0.2, -0.15) is 0 Å². The van der Waals surface area contributed by atoms with Crippen LogP contribution in [0.2, 0.25) is 0 Å². The highest BCUT2D eigenvalue weighted by atomic mass is 16.5. The molecule has 0 aromatic heterocycles. The van der Waals surface area contributed by atoms with Crippen LogP contribution in [-0.2, 0) is 0 Å². The molecule has 1 aromatic carbocycles. The zero-order chi connectivity index (χ0) is 11.5. The van der Waals surface area contributed by atoms with E-state index in [1.807, 2.05) is 45.0 Å². The zero-order valence-electron chi connectivity index (χ0n) is 9.65.